The fourth-order valence-electron chi connectivity index (χ4n) is 3.92. The van der Waals surface area contributed by atoms with E-state index in [4.69, 9.17) is 0 Å². The summed E-state index contributed by atoms with van der Waals surface area (Å²) in [5.74, 6) is 3.79. The fraction of sp³-hybridized carbons (Fsp3) is 1.00. The smallest absolute Gasteiger partial charge is 0.0125 e. The Morgan fingerprint density at radius 2 is 1.94 bits per heavy atom. The van der Waals surface area contributed by atoms with Crippen LogP contribution in [0.1, 0.15) is 39.0 Å². The molecule has 3 saturated heterocycles. The van der Waals surface area contributed by atoms with Gasteiger partial charge in [-0.25, -0.2) is 0 Å². The number of nitrogens with zero attached hydrogens (tertiary/aromatic N) is 1. The highest BCUT2D eigenvalue weighted by atomic mass is 32.2. The standard InChI is InChI=1S/C14H26N2S/c1-2-16(9-11-5-6-17-10-11)14-7-12-3-4-13(8-14)15-12/h11-15H,2-10H2,1H3. The van der Waals surface area contributed by atoms with E-state index in [0.29, 0.717) is 0 Å². The highest BCUT2D eigenvalue weighted by molar-refractivity contribution is 7.99. The maximum absolute atomic E-state index is 3.76. The Labute approximate surface area is 110 Å². The Bertz CT molecular complexity index is 241. The van der Waals surface area contributed by atoms with Crippen LogP contribution in [0.25, 0.3) is 0 Å². The van der Waals surface area contributed by atoms with Gasteiger partial charge < -0.3 is 10.2 Å². The van der Waals surface area contributed by atoms with Gasteiger partial charge in [0.1, 0.15) is 0 Å². The number of rotatable bonds is 4. The van der Waals surface area contributed by atoms with Crippen LogP contribution in [0, 0.1) is 5.92 Å². The molecule has 0 saturated carbocycles. The summed E-state index contributed by atoms with van der Waals surface area (Å²) in [6, 6.07) is 2.56. The second kappa shape index (κ2) is 5.50. The van der Waals surface area contributed by atoms with Gasteiger partial charge in [-0.15, -0.1) is 0 Å². The van der Waals surface area contributed by atoms with Gasteiger partial charge >= 0.3 is 0 Å². The van der Waals surface area contributed by atoms with Crippen molar-refractivity contribution in [2.24, 2.45) is 5.92 Å². The van der Waals surface area contributed by atoms with E-state index in [1.807, 2.05) is 0 Å². The molecule has 0 aromatic carbocycles. The summed E-state index contributed by atoms with van der Waals surface area (Å²) in [7, 11) is 0. The monoisotopic (exact) mass is 254 g/mol. The van der Waals surface area contributed by atoms with Gasteiger partial charge in [0.2, 0.25) is 0 Å². The molecular formula is C14H26N2S. The van der Waals surface area contributed by atoms with Crippen molar-refractivity contribution in [2.75, 3.05) is 24.6 Å². The molecule has 0 amide bonds. The minimum absolute atomic E-state index is 0.839. The molecule has 98 valence electrons. The third-order valence-corrected chi connectivity index (χ3v) is 6.12. The normalized spacial score (nSPS) is 41.3. The van der Waals surface area contributed by atoms with Gasteiger partial charge in [-0.2, -0.15) is 11.8 Å². The first kappa shape index (κ1) is 12.3. The molecular weight excluding hydrogens is 228 g/mol. The highest BCUT2D eigenvalue weighted by Gasteiger charge is 2.36. The topological polar surface area (TPSA) is 15.3 Å². The summed E-state index contributed by atoms with van der Waals surface area (Å²) < 4.78 is 0. The second-order valence-electron chi connectivity index (χ2n) is 6.08. The van der Waals surface area contributed by atoms with Crippen LogP contribution >= 0.6 is 11.8 Å². The average Bonchev–Trinajstić information content (AvgIpc) is 2.96. The number of hydrogen-bond donors (Lipinski definition) is 1. The van der Waals surface area contributed by atoms with Crippen molar-refractivity contribution in [3.63, 3.8) is 0 Å². The molecule has 0 aromatic rings. The van der Waals surface area contributed by atoms with E-state index in [1.165, 1.54) is 56.7 Å². The third-order valence-electron chi connectivity index (χ3n) is 4.89. The molecule has 3 heterocycles. The van der Waals surface area contributed by atoms with Gasteiger partial charge in [-0.05, 0) is 56.1 Å². The summed E-state index contributed by atoms with van der Waals surface area (Å²) in [6.45, 7) is 4.98. The lowest BCUT2D eigenvalue weighted by Crippen LogP contribution is -2.49. The molecule has 3 fully saturated rings. The first-order valence-electron chi connectivity index (χ1n) is 7.43. The summed E-state index contributed by atoms with van der Waals surface area (Å²) >= 11 is 2.16. The number of piperidine rings is 1. The molecule has 2 nitrogen and oxygen atoms in total. The van der Waals surface area contributed by atoms with E-state index in [1.54, 1.807) is 0 Å². The van der Waals surface area contributed by atoms with E-state index in [9.17, 15) is 0 Å². The molecule has 3 atom stereocenters. The van der Waals surface area contributed by atoms with Gasteiger partial charge in [-0.1, -0.05) is 6.92 Å². The van der Waals surface area contributed by atoms with E-state index >= 15 is 0 Å². The predicted octanol–water partition coefficient (Wildman–Crippen LogP) is 2.34. The summed E-state index contributed by atoms with van der Waals surface area (Å²) in [5.41, 5.74) is 0. The van der Waals surface area contributed by atoms with Gasteiger partial charge in [0.05, 0.1) is 0 Å². The molecule has 1 N–H and O–H groups in total. The molecule has 2 bridgehead atoms. The van der Waals surface area contributed by atoms with Crippen molar-refractivity contribution in [3.05, 3.63) is 0 Å². The van der Waals surface area contributed by atoms with Crippen LogP contribution < -0.4 is 5.32 Å². The first-order valence-corrected chi connectivity index (χ1v) is 8.58. The van der Waals surface area contributed by atoms with Crippen LogP contribution in [0.2, 0.25) is 0 Å². The zero-order chi connectivity index (χ0) is 11.7. The van der Waals surface area contributed by atoms with Gasteiger partial charge in [0.25, 0.3) is 0 Å². The minimum atomic E-state index is 0.839. The van der Waals surface area contributed by atoms with Crippen LogP contribution in [0.4, 0.5) is 0 Å². The molecule has 17 heavy (non-hydrogen) atoms. The van der Waals surface area contributed by atoms with Crippen LogP contribution in [-0.4, -0.2) is 47.6 Å². The zero-order valence-electron chi connectivity index (χ0n) is 11.0. The van der Waals surface area contributed by atoms with E-state index in [2.05, 4.69) is 28.9 Å². The Hall–Kier alpha value is 0.270. The molecule has 3 aliphatic rings. The Morgan fingerprint density at radius 3 is 2.53 bits per heavy atom. The van der Waals surface area contributed by atoms with Crippen LogP contribution in [-0.2, 0) is 0 Å². The van der Waals surface area contributed by atoms with Crippen molar-refractivity contribution in [3.8, 4) is 0 Å². The van der Waals surface area contributed by atoms with Gasteiger partial charge in [-0.3, -0.25) is 0 Å². The Balaban J connectivity index is 1.56. The molecule has 3 rings (SSSR count). The van der Waals surface area contributed by atoms with E-state index in [-0.39, 0.29) is 0 Å². The zero-order valence-corrected chi connectivity index (χ0v) is 11.8. The predicted molar refractivity (Wildman–Crippen MR) is 75.6 cm³/mol. The van der Waals surface area contributed by atoms with Crippen LogP contribution in [0.5, 0.6) is 0 Å². The molecule has 0 aromatic heterocycles. The van der Waals surface area contributed by atoms with Gasteiger partial charge in [0, 0.05) is 24.7 Å². The van der Waals surface area contributed by atoms with Crippen LogP contribution in [0.3, 0.4) is 0 Å². The molecule has 3 aliphatic heterocycles. The summed E-state index contributed by atoms with van der Waals surface area (Å²) in [6.07, 6.45) is 7.13. The van der Waals surface area contributed by atoms with Crippen molar-refractivity contribution in [2.45, 2.75) is 57.2 Å². The Morgan fingerprint density at radius 1 is 1.18 bits per heavy atom. The second-order valence-corrected chi connectivity index (χ2v) is 7.23. The number of nitrogens with one attached hydrogen (secondary N) is 1. The number of hydrogen-bond acceptors (Lipinski definition) is 3. The van der Waals surface area contributed by atoms with E-state index < -0.39 is 0 Å². The average molecular weight is 254 g/mol. The first-order chi connectivity index (χ1) is 8.35. The lowest BCUT2D eigenvalue weighted by molar-refractivity contribution is 0.131. The highest BCUT2D eigenvalue weighted by Crippen LogP contribution is 2.31. The molecule has 0 radical (unpaired) electrons. The van der Waals surface area contributed by atoms with Crippen LogP contribution in [0.15, 0.2) is 0 Å². The van der Waals surface area contributed by atoms with Crippen molar-refractivity contribution in [1.82, 2.24) is 10.2 Å². The summed E-state index contributed by atoms with van der Waals surface area (Å²) in [4.78, 5) is 2.79. The number of fused-ring (bicyclic) bond motifs is 2. The van der Waals surface area contributed by atoms with E-state index in [0.717, 1.165) is 24.0 Å². The molecule has 0 aliphatic carbocycles. The SMILES string of the molecule is CCN(CC1CCSC1)C1CC2CCC(C1)N2. The lowest BCUT2D eigenvalue weighted by Gasteiger charge is -2.38. The van der Waals surface area contributed by atoms with Gasteiger partial charge in [0.15, 0.2) is 0 Å². The fourth-order valence-corrected chi connectivity index (χ4v) is 5.19. The third kappa shape index (κ3) is 2.82. The van der Waals surface area contributed by atoms with Crippen molar-refractivity contribution >= 4 is 11.8 Å². The van der Waals surface area contributed by atoms with Crippen molar-refractivity contribution in [1.29, 1.82) is 0 Å². The number of thioether (sulfide) groups is 1. The largest absolute Gasteiger partial charge is 0.311 e. The quantitative estimate of drug-likeness (QED) is 0.829. The summed E-state index contributed by atoms with van der Waals surface area (Å²) in [5, 5.41) is 3.76. The molecule has 0 spiro atoms. The Kier molecular flexibility index (Phi) is 3.98. The minimum Gasteiger partial charge on any atom is -0.311 e. The molecule has 3 unspecified atom stereocenters. The maximum Gasteiger partial charge on any atom is 0.0125 e. The lowest BCUT2D eigenvalue weighted by atomic mass is 9.96. The maximum atomic E-state index is 3.76. The van der Waals surface area contributed by atoms with Crippen molar-refractivity contribution < 1.29 is 0 Å². The molecule has 3 heteroatoms.